The van der Waals surface area contributed by atoms with E-state index < -0.39 is 6.10 Å². The Hall–Kier alpha value is -1.20. The van der Waals surface area contributed by atoms with Crippen molar-refractivity contribution >= 4 is 15.9 Å². The lowest BCUT2D eigenvalue weighted by Crippen LogP contribution is -2.06. The van der Waals surface area contributed by atoms with Crippen molar-refractivity contribution in [2.75, 3.05) is 0 Å². The first-order chi connectivity index (χ1) is 8.45. The van der Waals surface area contributed by atoms with E-state index in [1.54, 1.807) is 10.7 Å². The van der Waals surface area contributed by atoms with Gasteiger partial charge in [-0.15, -0.1) is 0 Å². The van der Waals surface area contributed by atoms with Crippen LogP contribution in [0.1, 0.15) is 23.1 Å². The van der Waals surface area contributed by atoms with Crippen molar-refractivity contribution in [1.82, 2.24) is 9.78 Å². The Balaban J connectivity index is 2.21. The van der Waals surface area contributed by atoms with Gasteiger partial charge in [0.15, 0.2) is 0 Å². The first-order valence-electron chi connectivity index (χ1n) is 5.59. The maximum Gasteiger partial charge on any atom is 0.124 e. The van der Waals surface area contributed by atoms with Crippen LogP contribution >= 0.6 is 15.9 Å². The molecule has 0 radical (unpaired) electrons. The molecule has 1 aromatic carbocycles. The summed E-state index contributed by atoms with van der Waals surface area (Å²) < 4.78 is 15.6. The molecule has 1 aromatic heterocycles. The van der Waals surface area contributed by atoms with Crippen LogP contribution in [0.5, 0.6) is 0 Å². The van der Waals surface area contributed by atoms with Gasteiger partial charge < -0.3 is 5.11 Å². The van der Waals surface area contributed by atoms with Crippen LogP contribution < -0.4 is 0 Å². The molecular weight excluding hydrogens is 299 g/mol. The average molecular weight is 313 g/mol. The molecule has 3 nitrogen and oxygen atoms in total. The minimum atomic E-state index is -0.744. The van der Waals surface area contributed by atoms with E-state index in [9.17, 15) is 9.50 Å². The predicted octanol–water partition coefficient (Wildman–Crippen LogP) is 2.91. The Kier molecular flexibility index (Phi) is 3.82. The Morgan fingerprint density at radius 3 is 2.67 bits per heavy atom. The third-order valence-corrected chi connectivity index (χ3v) is 3.23. The molecule has 0 fully saturated rings. The van der Waals surface area contributed by atoms with Crippen LogP contribution in [0.25, 0.3) is 0 Å². The number of benzene rings is 1. The van der Waals surface area contributed by atoms with Crippen molar-refractivity contribution in [2.45, 2.75) is 19.4 Å². The molecule has 1 N–H and O–H groups in total. The molecule has 0 aliphatic heterocycles. The number of aliphatic hydroxyl groups excluding tert-OH is 1. The lowest BCUT2D eigenvalue weighted by atomic mass is 10.0. The Bertz CT molecular complexity index is 548. The second-order valence-corrected chi connectivity index (χ2v) is 5.24. The third kappa shape index (κ3) is 2.97. The lowest BCUT2D eigenvalue weighted by Gasteiger charge is -2.11. The fourth-order valence-electron chi connectivity index (χ4n) is 1.94. The highest BCUT2D eigenvalue weighted by molar-refractivity contribution is 9.10. The van der Waals surface area contributed by atoms with Crippen LogP contribution in [0, 0.1) is 12.7 Å². The predicted molar refractivity (Wildman–Crippen MR) is 70.7 cm³/mol. The second kappa shape index (κ2) is 5.20. The largest absolute Gasteiger partial charge is 0.388 e. The summed E-state index contributed by atoms with van der Waals surface area (Å²) in [4.78, 5) is 0. The maximum absolute atomic E-state index is 13.3. The Morgan fingerprint density at radius 1 is 1.39 bits per heavy atom. The van der Waals surface area contributed by atoms with Crippen LogP contribution in [-0.2, 0) is 13.5 Å². The SMILES string of the molecule is Cc1cc(CC(O)c2cc(F)cc(Br)c2)n(C)n1. The van der Waals surface area contributed by atoms with Crippen LogP contribution in [-0.4, -0.2) is 14.9 Å². The number of aromatic nitrogens is 2. The molecule has 96 valence electrons. The van der Waals surface area contributed by atoms with Crippen molar-refractivity contribution in [3.05, 3.63) is 51.5 Å². The lowest BCUT2D eigenvalue weighted by molar-refractivity contribution is 0.175. The zero-order chi connectivity index (χ0) is 13.3. The van der Waals surface area contributed by atoms with Crippen LogP contribution in [0.3, 0.4) is 0 Å². The molecule has 0 amide bonds. The van der Waals surface area contributed by atoms with Gasteiger partial charge in [-0.1, -0.05) is 15.9 Å². The smallest absolute Gasteiger partial charge is 0.124 e. The third-order valence-electron chi connectivity index (χ3n) is 2.77. The van der Waals surface area contributed by atoms with Crippen molar-refractivity contribution in [2.24, 2.45) is 7.05 Å². The van der Waals surface area contributed by atoms with Gasteiger partial charge >= 0.3 is 0 Å². The van der Waals surface area contributed by atoms with Gasteiger partial charge in [0.25, 0.3) is 0 Å². The highest BCUT2D eigenvalue weighted by Gasteiger charge is 2.13. The maximum atomic E-state index is 13.3. The fourth-order valence-corrected chi connectivity index (χ4v) is 2.42. The van der Waals surface area contributed by atoms with Crippen LogP contribution in [0.4, 0.5) is 4.39 Å². The van der Waals surface area contributed by atoms with E-state index in [0.717, 1.165) is 11.4 Å². The summed E-state index contributed by atoms with van der Waals surface area (Å²) in [6.07, 6.45) is -0.334. The Labute approximate surface area is 113 Å². The summed E-state index contributed by atoms with van der Waals surface area (Å²) in [6, 6.07) is 6.34. The van der Waals surface area contributed by atoms with Gasteiger partial charge in [-0.25, -0.2) is 4.39 Å². The minimum absolute atomic E-state index is 0.361. The quantitative estimate of drug-likeness (QED) is 0.946. The van der Waals surface area contributed by atoms with E-state index in [2.05, 4.69) is 21.0 Å². The zero-order valence-corrected chi connectivity index (χ0v) is 11.8. The molecule has 1 atom stereocenters. The summed E-state index contributed by atoms with van der Waals surface area (Å²) in [7, 11) is 1.83. The highest BCUT2D eigenvalue weighted by atomic mass is 79.9. The van der Waals surface area contributed by atoms with Crippen molar-refractivity contribution in [3.63, 3.8) is 0 Å². The summed E-state index contributed by atoms with van der Waals surface area (Å²) in [5.74, 6) is -0.361. The summed E-state index contributed by atoms with van der Waals surface area (Å²) in [5.41, 5.74) is 2.38. The minimum Gasteiger partial charge on any atom is -0.388 e. The zero-order valence-electron chi connectivity index (χ0n) is 10.2. The first-order valence-corrected chi connectivity index (χ1v) is 6.38. The van der Waals surface area contributed by atoms with E-state index in [1.807, 2.05) is 20.0 Å². The molecule has 0 bridgehead atoms. The van der Waals surface area contributed by atoms with Gasteiger partial charge in [-0.2, -0.15) is 5.10 Å². The highest BCUT2D eigenvalue weighted by Crippen LogP contribution is 2.23. The number of hydrogen-bond donors (Lipinski definition) is 1. The first kappa shape index (κ1) is 13.2. The van der Waals surface area contributed by atoms with Crippen molar-refractivity contribution in [1.29, 1.82) is 0 Å². The molecule has 0 spiro atoms. The van der Waals surface area contributed by atoms with E-state index in [-0.39, 0.29) is 5.82 Å². The molecule has 18 heavy (non-hydrogen) atoms. The standard InChI is InChI=1S/C13H14BrFN2O/c1-8-3-12(17(2)16-8)7-13(18)9-4-10(14)6-11(15)5-9/h3-6,13,18H,7H2,1-2H3. The molecule has 0 saturated heterocycles. The van der Waals surface area contributed by atoms with E-state index >= 15 is 0 Å². The van der Waals surface area contributed by atoms with Gasteiger partial charge in [-0.05, 0) is 36.8 Å². The van der Waals surface area contributed by atoms with Gasteiger partial charge in [0.2, 0.25) is 0 Å². The molecular formula is C13H14BrFN2O. The molecule has 0 saturated carbocycles. The summed E-state index contributed by atoms with van der Waals surface area (Å²) in [5, 5.41) is 14.3. The average Bonchev–Trinajstić information content (AvgIpc) is 2.56. The van der Waals surface area contributed by atoms with E-state index in [0.29, 0.717) is 16.5 Å². The van der Waals surface area contributed by atoms with Crippen LogP contribution in [0.15, 0.2) is 28.7 Å². The van der Waals surface area contributed by atoms with Gasteiger partial charge in [0.1, 0.15) is 5.82 Å². The van der Waals surface area contributed by atoms with E-state index in [4.69, 9.17) is 0 Å². The number of halogens is 2. The van der Waals surface area contributed by atoms with E-state index in [1.165, 1.54) is 12.1 Å². The molecule has 1 heterocycles. The number of nitrogens with zero attached hydrogens (tertiary/aromatic N) is 2. The normalized spacial score (nSPS) is 12.7. The number of rotatable bonds is 3. The van der Waals surface area contributed by atoms with Gasteiger partial charge in [0.05, 0.1) is 11.8 Å². The Morgan fingerprint density at radius 2 is 2.11 bits per heavy atom. The monoisotopic (exact) mass is 312 g/mol. The van der Waals surface area contributed by atoms with Crippen molar-refractivity contribution in [3.8, 4) is 0 Å². The fraction of sp³-hybridized carbons (Fsp3) is 0.308. The van der Waals surface area contributed by atoms with Crippen LogP contribution in [0.2, 0.25) is 0 Å². The second-order valence-electron chi connectivity index (χ2n) is 4.32. The number of aryl methyl sites for hydroxylation is 2. The van der Waals surface area contributed by atoms with Crippen molar-refractivity contribution < 1.29 is 9.50 Å². The van der Waals surface area contributed by atoms with Gasteiger partial charge in [-0.3, -0.25) is 4.68 Å². The molecule has 1 unspecified atom stereocenters. The molecule has 2 aromatic rings. The van der Waals surface area contributed by atoms with Gasteiger partial charge in [0, 0.05) is 23.6 Å². The summed E-state index contributed by atoms with van der Waals surface area (Å²) >= 11 is 3.22. The number of aliphatic hydroxyl groups is 1. The molecule has 2 rings (SSSR count). The molecule has 0 aliphatic carbocycles. The topological polar surface area (TPSA) is 38.0 Å². The number of hydrogen-bond acceptors (Lipinski definition) is 2. The molecule has 5 heteroatoms. The summed E-state index contributed by atoms with van der Waals surface area (Å²) in [6.45, 7) is 1.90. The molecule has 0 aliphatic rings.